The molecule has 1 amide bonds. The van der Waals surface area contributed by atoms with E-state index in [1.807, 2.05) is 24.3 Å². The molecule has 0 spiro atoms. The van der Waals surface area contributed by atoms with Crippen LogP contribution in [-0.2, 0) is 4.79 Å². The second-order valence-corrected chi connectivity index (χ2v) is 4.21. The fraction of sp³-hybridized carbons (Fsp3) is 0.462. The van der Waals surface area contributed by atoms with Gasteiger partial charge in [0.05, 0.1) is 6.04 Å². The highest BCUT2D eigenvalue weighted by Gasteiger charge is 2.07. The number of nitrogens with one attached hydrogen (secondary N) is 1. The Labute approximate surface area is 97.0 Å². The summed E-state index contributed by atoms with van der Waals surface area (Å²) >= 11 is 0. The third-order valence-corrected chi connectivity index (χ3v) is 2.77. The van der Waals surface area contributed by atoms with Gasteiger partial charge in [0.25, 0.3) is 0 Å². The van der Waals surface area contributed by atoms with Crippen molar-refractivity contribution in [2.75, 3.05) is 5.32 Å². The predicted octanol–water partition coefficient (Wildman–Crippen LogP) is 2.49. The molecule has 0 heterocycles. The van der Waals surface area contributed by atoms with Gasteiger partial charge >= 0.3 is 0 Å². The zero-order valence-electron chi connectivity index (χ0n) is 10.2. The monoisotopic (exact) mass is 220 g/mol. The van der Waals surface area contributed by atoms with E-state index in [1.54, 1.807) is 6.92 Å². The summed E-state index contributed by atoms with van der Waals surface area (Å²) in [5.74, 6) is 0.398. The second kappa shape index (κ2) is 5.66. The van der Waals surface area contributed by atoms with E-state index in [-0.39, 0.29) is 5.91 Å². The smallest absolute Gasteiger partial charge is 0.240 e. The normalized spacial score (nSPS) is 14.2. The quantitative estimate of drug-likeness (QED) is 0.819. The molecule has 3 nitrogen and oxygen atoms in total. The average molecular weight is 220 g/mol. The van der Waals surface area contributed by atoms with Crippen molar-refractivity contribution in [3.63, 3.8) is 0 Å². The first kappa shape index (κ1) is 12.7. The number of nitrogens with two attached hydrogens (primary N) is 1. The standard InChI is InChI=1S/C13H20N2O/c1-4-9(2)11-5-7-12(8-6-11)15-13(16)10(3)14/h5-10H,4,14H2,1-3H3,(H,15,16)/t9?,10-/m1/s1. The molecule has 1 aromatic carbocycles. The molecule has 16 heavy (non-hydrogen) atoms. The molecule has 0 aliphatic heterocycles. The van der Waals surface area contributed by atoms with Crippen molar-refractivity contribution >= 4 is 11.6 Å². The number of amides is 1. The van der Waals surface area contributed by atoms with Crippen molar-refractivity contribution in [1.29, 1.82) is 0 Å². The number of anilines is 1. The van der Waals surface area contributed by atoms with Gasteiger partial charge in [0.15, 0.2) is 0 Å². The summed E-state index contributed by atoms with van der Waals surface area (Å²) in [4.78, 5) is 11.4. The Morgan fingerprint density at radius 1 is 1.31 bits per heavy atom. The van der Waals surface area contributed by atoms with Crippen molar-refractivity contribution in [2.45, 2.75) is 39.2 Å². The van der Waals surface area contributed by atoms with Crippen LogP contribution in [0, 0.1) is 0 Å². The molecule has 0 aliphatic rings. The molecule has 88 valence electrons. The van der Waals surface area contributed by atoms with E-state index < -0.39 is 6.04 Å². The molecule has 0 aromatic heterocycles. The van der Waals surface area contributed by atoms with Crippen LogP contribution in [0.25, 0.3) is 0 Å². The van der Waals surface area contributed by atoms with Gasteiger partial charge in [-0.1, -0.05) is 26.0 Å². The van der Waals surface area contributed by atoms with Crippen molar-refractivity contribution in [3.05, 3.63) is 29.8 Å². The topological polar surface area (TPSA) is 55.1 Å². The van der Waals surface area contributed by atoms with Gasteiger partial charge in [-0.15, -0.1) is 0 Å². The Morgan fingerprint density at radius 3 is 2.31 bits per heavy atom. The minimum atomic E-state index is -0.478. The maximum atomic E-state index is 11.4. The number of benzene rings is 1. The van der Waals surface area contributed by atoms with Crippen LogP contribution in [0.2, 0.25) is 0 Å². The van der Waals surface area contributed by atoms with Gasteiger partial charge in [0.1, 0.15) is 0 Å². The first-order valence-corrected chi connectivity index (χ1v) is 5.71. The average Bonchev–Trinajstić information content (AvgIpc) is 2.28. The molecule has 3 heteroatoms. The molecule has 3 N–H and O–H groups in total. The van der Waals surface area contributed by atoms with Crippen molar-refractivity contribution in [3.8, 4) is 0 Å². The summed E-state index contributed by atoms with van der Waals surface area (Å²) in [6.07, 6.45) is 1.12. The third kappa shape index (κ3) is 3.35. The SMILES string of the molecule is CCC(C)c1ccc(NC(=O)[C@@H](C)N)cc1. The Balaban J connectivity index is 2.68. The maximum absolute atomic E-state index is 11.4. The number of hydrogen-bond donors (Lipinski definition) is 2. The van der Waals surface area contributed by atoms with E-state index in [0.717, 1.165) is 12.1 Å². The van der Waals surface area contributed by atoms with Crippen LogP contribution >= 0.6 is 0 Å². The fourth-order valence-corrected chi connectivity index (χ4v) is 1.39. The minimum Gasteiger partial charge on any atom is -0.325 e. The van der Waals surface area contributed by atoms with E-state index in [2.05, 4.69) is 19.2 Å². The van der Waals surface area contributed by atoms with E-state index in [0.29, 0.717) is 5.92 Å². The Bertz CT molecular complexity index is 343. The van der Waals surface area contributed by atoms with Gasteiger partial charge < -0.3 is 11.1 Å². The van der Waals surface area contributed by atoms with Crippen LogP contribution in [0.3, 0.4) is 0 Å². The first-order valence-electron chi connectivity index (χ1n) is 5.71. The summed E-state index contributed by atoms with van der Waals surface area (Å²) < 4.78 is 0. The molecule has 1 unspecified atom stereocenters. The summed E-state index contributed by atoms with van der Waals surface area (Å²) in [6.45, 7) is 6.02. The highest BCUT2D eigenvalue weighted by molar-refractivity contribution is 5.94. The lowest BCUT2D eigenvalue weighted by Crippen LogP contribution is -2.32. The number of rotatable bonds is 4. The van der Waals surface area contributed by atoms with Gasteiger partial charge in [0, 0.05) is 5.69 Å². The molecule has 0 radical (unpaired) electrons. The molecule has 0 saturated carbocycles. The summed E-state index contributed by atoms with van der Waals surface area (Å²) in [5.41, 5.74) is 7.56. The van der Waals surface area contributed by atoms with Gasteiger partial charge in [0.2, 0.25) is 5.91 Å². The maximum Gasteiger partial charge on any atom is 0.240 e. The van der Waals surface area contributed by atoms with Crippen LogP contribution in [-0.4, -0.2) is 11.9 Å². The Morgan fingerprint density at radius 2 is 1.88 bits per heavy atom. The number of carbonyl (C=O) groups is 1. The molecular formula is C13H20N2O. The van der Waals surface area contributed by atoms with Crippen molar-refractivity contribution < 1.29 is 4.79 Å². The second-order valence-electron chi connectivity index (χ2n) is 4.21. The Hall–Kier alpha value is -1.35. The highest BCUT2D eigenvalue weighted by atomic mass is 16.2. The van der Waals surface area contributed by atoms with E-state index in [1.165, 1.54) is 5.56 Å². The van der Waals surface area contributed by atoms with Crippen LogP contribution in [0.15, 0.2) is 24.3 Å². The largest absolute Gasteiger partial charge is 0.325 e. The highest BCUT2D eigenvalue weighted by Crippen LogP contribution is 2.20. The molecule has 1 aromatic rings. The molecule has 0 bridgehead atoms. The lowest BCUT2D eigenvalue weighted by atomic mass is 9.99. The number of carbonyl (C=O) groups excluding carboxylic acids is 1. The van der Waals surface area contributed by atoms with E-state index in [9.17, 15) is 4.79 Å². The summed E-state index contributed by atoms with van der Waals surface area (Å²) in [6, 6.07) is 7.45. The van der Waals surface area contributed by atoms with E-state index >= 15 is 0 Å². The lowest BCUT2D eigenvalue weighted by molar-refractivity contribution is -0.117. The van der Waals surface area contributed by atoms with Crippen LogP contribution in [0.5, 0.6) is 0 Å². The van der Waals surface area contributed by atoms with Gasteiger partial charge in [-0.2, -0.15) is 0 Å². The minimum absolute atomic E-state index is 0.156. The van der Waals surface area contributed by atoms with Gasteiger partial charge in [-0.25, -0.2) is 0 Å². The zero-order chi connectivity index (χ0) is 12.1. The molecule has 1 rings (SSSR count). The lowest BCUT2D eigenvalue weighted by Gasteiger charge is -2.11. The van der Waals surface area contributed by atoms with E-state index in [4.69, 9.17) is 5.73 Å². The Kier molecular flexibility index (Phi) is 4.50. The van der Waals surface area contributed by atoms with Gasteiger partial charge in [-0.05, 0) is 37.0 Å². The third-order valence-electron chi connectivity index (χ3n) is 2.77. The molecule has 0 aliphatic carbocycles. The van der Waals surface area contributed by atoms with Crippen LogP contribution in [0.4, 0.5) is 5.69 Å². The fourth-order valence-electron chi connectivity index (χ4n) is 1.39. The molecule has 2 atom stereocenters. The summed E-state index contributed by atoms with van der Waals surface area (Å²) in [7, 11) is 0. The van der Waals surface area contributed by atoms with Gasteiger partial charge in [-0.3, -0.25) is 4.79 Å². The first-order chi connectivity index (χ1) is 7.54. The van der Waals surface area contributed by atoms with Crippen molar-refractivity contribution in [1.82, 2.24) is 0 Å². The zero-order valence-corrected chi connectivity index (χ0v) is 10.2. The van der Waals surface area contributed by atoms with Crippen LogP contribution in [0.1, 0.15) is 38.7 Å². The van der Waals surface area contributed by atoms with Crippen molar-refractivity contribution in [2.24, 2.45) is 5.73 Å². The molecule has 0 saturated heterocycles. The molecule has 0 fully saturated rings. The van der Waals surface area contributed by atoms with Crippen LogP contribution < -0.4 is 11.1 Å². The molecular weight excluding hydrogens is 200 g/mol. The summed E-state index contributed by atoms with van der Waals surface area (Å²) in [5, 5.41) is 2.76. The predicted molar refractivity (Wildman–Crippen MR) is 67.4 cm³/mol. The number of hydrogen-bond acceptors (Lipinski definition) is 2.